The summed E-state index contributed by atoms with van der Waals surface area (Å²) in [5.74, 6) is 0. The van der Waals surface area contributed by atoms with E-state index in [-0.39, 0.29) is 6.04 Å². The summed E-state index contributed by atoms with van der Waals surface area (Å²) < 4.78 is 1.02. The zero-order valence-electron chi connectivity index (χ0n) is 7.56. The topological polar surface area (TPSA) is 26.0 Å². The van der Waals surface area contributed by atoms with Gasteiger partial charge in [0.1, 0.15) is 0 Å². The van der Waals surface area contributed by atoms with Crippen LogP contribution < -0.4 is 5.73 Å². The standard InChI is InChI=1S/C10H13BrClN/c1-7(13)2-3-8-4-5-9(11)6-10(8)12/h4-7H,2-3,13H2,1H3/t7-/m1/s1. The molecule has 0 unspecified atom stereocenters. The van der Waals surface area contributed by atoms with Crippen LogP contribution in [0.2, 0.25) is 5.02 Å². The van der Waals surface area contributed by atoms with Gasteiger partial charge in [0.15, 0.2) is 0 Å². The van der Waals surface area contributed by atoms with E-state index in [0.29, 0.717) is 0 Å². The van der Waals surface area contributed by atoms with Gasteiger partial charge in [0.2, 0.25) is 0 Å². The summed E-state index contributed by atoms with van der Waals surface area (Å²) in [4.78, 5) is 0. The summed E-state index contributed by atoms with van der Waals surface area (Å²) in [5.41, 5.74) is 6.84. The highest BCUT2D eigenvalue weighted by molar-refractivity contribution is 9.10. The van der Waals surface area contributed by atoms with Crippen LogP contribution in [0.5, 0.6) is 0 Å². The fourth-order valence-corrected chi connectivity index (χ4v) is 1.88. The van der Waals surface area contributed by atoms with Gasteiger partial charge >= 0.3 is 0 Å². The molecule has 72 valence electrons. The van der Waals surface area contributed by atoms with Crippen LogP contribution >= 0.6 is 27.5 Å². The molecule has 0 heterocycles. The third kappa shape index (κ3) is 3.67. The van der Waals surface area contributed by atoms with Gasteiger partial charge in [0.05, 0.1) is 0 Å². The second-order valence-electron chi connectivity index (χ2n) is 3.25. The molecule has 1 nitrogen and oxygen atoms in total. The number of nitrogens with two attached hydrogens (primary N) is 1. The van der Waals surface area contributed by atoms with Gasteiger partial charge in [-0.1, -0.05) is 33.6 Å². The normalized spacial score (nSPS) is 12.9. The SMILES string of the molecule is C[C@@H](N)CCc1ccc(Br)cc1Cl. The highest BCUT2D eigenvalue weighted by Crippen LogP contribution is 2.22. The van der Waals surface area contributed by atoms with E-state index in [0.717, 1.165) is 22.3 Å². The first-order valence-electron chi connectivity index (χ1n) is 4.29. The zero-order chi connectivity index (χ0) is 9.84. The maximum absolute atomic E-state index is 6.04. The van der Waals surface area contributed by atoms with Crippen LogP contribution in [-0.2, 0) is 6.42 Å². The van der Waals surface area contributed by atoms with Gasteiger partial charge in [-0.25, -0.2) is 0 Å². The molecule has 0 aliphatic heterocycles. The van der Waals surface area contributed by atoms with Crippen molar-refractivity contribution < 1.29 is 0 Å². The summed E-state index contributed by atoms with van der Waals surface area (Å²) in [6.07, 6.45) is 1.92. The van der Waals surface area contributed by atoms with Crippen molar-refractivity contribution in [3.63, 3.8) is 0 Å². The first-order valence-corrected chi connectivity index (χ1v) is 5.46. The molecule has 2 N–H and O–H groups in total. The lowest BCUT2D eigenvalue weighted by molar-refractivity contribution is 0.666. The number of hydrogen-bond acceptors (Lipinski definition) is 1. The molecule has 13 heavy (non-hydrogen) atoms. The fraction of sp³-hybridized carbons (Fsp3) is 0.400. The van der Waals surface area contributed by atoms with Gasteiger partial charge in [-0.05, 0) is 37.5 Å². The molecule has 1 atom stereocenters. The van der Waals surface area contributed by atoms with Gasteiger partial charge < -0.3 is 5.73 Å². The predicted molar refractivity (Wildman–Crippen MR) is 61.1 cm³/mol. The van der Waals surface area contributed by atoms with Crippen molar-refractivity contribution in [1.82, 2.24) is 0 Å². The molecule has 1 rings (SSSR count). The van der Waals surface area contributed by atoms with Crippen LogP contribution in [-0.4, -0.2) is 6.04 Å². The molecule has 0 amide bonds. The number of hydrogen-bond donors (Lipinski definition) is 1. The summed E-state index contributed by atoms with van der Waals surface area (Å²) >= 11 is 9.41. The van der Waals surface area contributed by atoms with E-state index >= 15 is 0 Å². The summed E-state index contributed by atoms with van der Waals surface area (Å²) in [6.45, 7) is 2.01. The quantitative estimate of drug-likeness (QED) is 0.888. The molecule has 0 fully saturated rings. The van der Waals surface area contributed by atoms with Crippen molar-refractivity contribution in [3.8, 4) is 0 Å². The van der Waals surface area contributed by atoms with E-state index in [1.807, 2.05) is 25.1 Å². The first kappa shape index (κ1) is 11.0. The number of benzene rings is 1. The fourth-order valence-electron chi connectivity index (χ4n) is 1.11. The monoisotopic (exact) mass is 261 g/mol. The number of aryl methyl sites for hydroxylation is 1. The van der Waals surface area contributed by atoms with E-state index in [4.69, 9.17) is 17.3 Å². The van der Waals surface area contributed by atoms with E-state index in [2.05, 4.69) is 15.9 Å². The molecule has 0 saturated heterocycles. The average molecular weight is 263 g/mol. The van der Waals surface area contributed by atoms with Crippen LogP contribution in [0.4, 0.5) is 0 Å². The molecule has 1 aromatic carbocycles. The maximum atomic E-state index is 6.04. The van der Waals surface area contributed by atoms with Crippen LogP contribution in [0.3, 0.4) is 0 Å². The Bertz CT molecular complexity index is 286. The average Bonchev–Trinajstić information content (AvgIpc) is 2.02. The van der Waals surface area contributed by atoms with Gasteiger partial charge in [-0.2, -0.15) is 0 Å². The van der Waals surface area contributed by atoms with Crippen molar-refractivity contribution in [1.29, 1.82) is 0 Å². The lowest BCUT2D eigenvalue weighted by Crippen LogP contribution is -2.15. The maximum Gasteiger partial charge on any atom is 0.0449 e. The Balaban J connectivity index is 2.67. The van der Waals surface area contributed by atoms with Crippen molar-refractivity contribution in [2.45, 2.75) is 25.8 Å². The Morgan fingerprint density at radius 2 is 2.23 bits per heavy atom. The van der Waals surface area contributed by atoms with Crippen LogP contribution in [0.1, 0.15) is 18.9 Å². The minimum atomic E-state index is 0.236. The lowest BCUT2D eigenvalue weighted by Gasteiger charge is -2.06. The largest absolute Gasteiger partial charge is 0.328 e. The Morgan fingerprint density at radius 3 is 2.77 bits per heavy atom. The molecule has 0 aliphatic carbocycles. The van der Waals surface area contributed by atoms with Crippen molar-refractivity contribution in [2.24, 2.45) is 5.73 Å². The second kappa shape index (κ2) is 4.99. The molecule has 0 bridgehead atoms. The van der Waals surface area contributed by atoms with Gasteiger partial charge in [0, 0.05) is 15.5 Å². The minimum absolute atomic E-state index is 0.236. The van der Waals surface area contributed by atoms with E-state index in [9.17, 15) is 0 Å². The van der Waals surface area contributed by atoms with Crippen LogP contribution in [0.25, 0.3) is 0 Å². The third-order valence-corrected chi connectivity index (χ3v) is 2.73. The van der Waals surface area contributed by atoms with Crippen LogP contribution in [0.15, 0.2) is 22.7 Å². The van der Waals surface area contributed by atoms with E-state index in [1.54, 1.807) is 0 Å². The molecule has 3 heteroatoms. The Hall–Kier alpha value is -0.0500. The van der Waals surface area contributed by atoms with Gasteiger partial charge in [-0.15, -0.1) is 0 Å². The number of rotatable bonds is 3. The number of halogens is 2. The molecule has 1 aromatic rings. The van der Waals surface area contributed by atoms with Gasteiger partial charge in [-0.3, -0.25) is 0 Å². The Kier molecular flexibility index (Phi) is 4.23. The predicted octanol–water partition coefficient (Wildman–Crippen LogP) is 3.38. The minimum Gasteiger partial charge on any atom is -0.328 e. The van der Waals surface area contributed by atoms with Crippen LogP contribution in [0, 0.1) is 0 Å². The summed E-state index contributed by atoms with van der Waals surface area (Å²) in [5, 5.41) is 0.815. The third-order valence-electron chi connectivity index (χ3n) is 1.88. The second-order valence-corrected chi connectivity index (χ2v) is 4.57. The summed E-state index contributed by atoms with van der Waals surface area (Å²) in [6, 6.07) is 6.19. The highest BCUT2D eigenvalue weighted by Gasteiger charge is 2.02. The molecule has 0 aromatic heterocycles. The van der Waals surface area contributed by atoms with E-state index in [1.165, 1.54) is 5.56 Å². The van der Waals surface area contributed by atoms with E-state index < -0.39 is 0 Å². The van der Waals surface area contributed by atoms with Crippen molar-refractivity contribution in [2.75, 3.05) is 0 Å². The van der Waals surface area contributed by atoms with Crippen molar-refractivity contribution >= 4 is 27.5 Å². The summed E-state index contributed by atoms with van der Waals surface area (Å²) in [7, 11) is 0. The van der Waals surface area contributed by atoms with Crippen molar-refractivity contribution in [3.05, 3.63) is 33.3 Å². The van der Waals surface area contributed by atoms with Gasteiger partial charge in [0.25, 0.3) is 0 Å². The Morgan fingerprint density at radius 1 is 1.54 bits per heavy atom. The zero-order valence-corrected chi connectivity index (χ0v) is 9.90. The smallest absolute Gasteiger partial charge is 0.0449 e. The first-order chi connectivity index (χ1) is 6.09. The molecular weight excluding hydrogens is 249 g/mol. The molecule has 0 saturated carbocycles. The molecule has 0 aliphatic rings. The molecular formula is C10H13BrClN. The molecule has 0 radical (unpaired) electrons. The highest BCUT2D eigenvalue weighted by atomic mass is 79.9. The Labute approximate surface area is 92.4 Å². The lowest BCUT2D eigenvalue weighted by atomic mass is 10.1. The molecule has 0 spiro atoms.